The van der Waals surface area contributed by atoms with Crippen LogP contribution in [0.15, 0.2) is 24.3 Å². The number of urea groups is 1. The Morgan fingerprint density at radius 1 is 1.20 bits per heavy atom. The van der Waals surface area contributed by atoms with Crippen molar-refractivity contribution < 1.29 is 9.90 Å². The molecule has 0 bridgehead atoms. The summed E-state index contributed by atoms with van der Waals surface area (Å²) in [5, 5.41) is 24.0. The average Bonchev–Trinajstić information content (AvgIpc) is 2.85. The van der Waals surface area contributed by atoms with Crippen molar-refractivity contribution in [1.82, 2.24) is 25.4 Å². The molecule has 2 amide bonds. The molecule has 25 heavy (non-hydrogen) atoms. The lowest BCUT2D eigenvalue weighted by molar-refractivity contribution is 0.173. The van der Waals surface area contributed by atoms with E-state index in [0.717, 1.165) is 48.6 Å². The molecule has 3 rings (SSSR count). The van der Waals surface area contributed by atoms with Crippen LogP contribution in [0.5, 0.6) is 0 Å². The van der Waals surface area contributed by atoms with E-state index < -0.39 is 6.10 Å². The molecule has 0 unspecified atom stereocenters. The van der Waals surface area contributed by atoms with Gasteiger partial charge in [0.15, 0.2) is 5.82 Å². The van der Waals surface area contributed by atoms with Crippen LogP contribution < -0.4 is 10.6 Å². The minimum atomic E-state index is -0.726. The molecule has 1 aliphatic heterocycles. The Kier molecular flexibility index (Phi) is 5.65. The lowest BCUT2D eigenvalue weighted by Gasteiger charge is -2.13. The molecule has 134 valence electrons. The fourth-order valence-electron chi connectivity index (χ4n) is 2.99. The predicted molar refractivity (Wildman–Crippen MR) is 94.0 cm³/mol. The minimum absolute atomic E-state index is 0.160. The maximum Gasteiger partial charge on any atom is 0.315 e. The number of hydrogen-bond donors (Lipinski definition) is 3. The lowest BCUT2D eigenvalue weighted by Crippen LogP contribution is -2.38. The SMILES string of the molecule is Cc1ccc([C@H](O)CNC(=O)NCc2nnc3n2CCCCC3)cc1. The van der Waals surface area contributed by atoms with E-state index in [1.165, 1.54) is 6.42 Å². The number of benzene rings is 1. The first kappa shape index (κ1) is 17.4. The number of aromatic nitrogens is 3. The monoisotopic (exact) mass is 343 g/mol. The first-order chi connectivity index (χ1) is 12.1. The number of carbonyl (C=O) groups excluding carboxylic acids is 1. The van der Waals surface area contributed by atoms with E-state index in [9.17, 15) is 9.90 Å². The van der Waals surface area contributed by atoms with Gasteiger partial charge in [0, 0.05) is 19.5 Å². The zero-order chi connectivity index (χ0) is 17.6. The van der Waals surface area contributed by atoms with E-state index >= 15 is 0 Å². The topological polar surface area (TPSA) is 92.1 Å². The molecule has 2 aromatic rings. The van der Waals surface area contributed by atoms with Gasteiger partial charge in [-0.05, 0) is 25.3 Å². The van der Waals surface area contributed by atoms with Gasteiger partial charge in [-0.25, -0.2) is 4.79 Å². The molecule has 1 aromatic heterocycles. The molecule has 1 aliphatic rings. The van der Waals surface area contributed by atoms with Gasteiger partial charge in [-0.1, -0.05) is 36.2 Å². The molecule has 7 heteroatoms. The van der Waals surface area contributed by atoms with Crippen LogP contribution in [0.4, 0.5) is 4.79 Å². The third-order valence-corrected chi connectivity index (χ3v) is 4.51. The van der Waals surface area contributed by atoms with E-state index in [4.69, 9.17) is 0 Å². The van der Waals surface area contributed by atoms with Crippen LogP contribution >= 0.6 is 0 Å². The van der Waals surface area contributed by atoms with Gasteiger partial charge in [0.2, 0.25) is 0 Å². The highest BCUT2D eigenvalue weighted by Crippen LogP contribution is 2.14. The Morgan fingerprint density at radius 2 is 2.00 bits per heavy atom. The molecule has 1 atom stereocenters. The third kappa shape index (κ3) is 4.57. The summed E-state index contributed by atoms with van der Waals surface area (Å²) < 4.78 is 2.11. The highest BCUT2D eigenvalue weighted by Gasteiger charge is 2.15. The van der Waals surface area contributed by atoms with Crippen molar-refractivity contribution >= 4 is 6.03 Å². The maximum atomic E-state index is 12.0. The van der Waals surface area contributed by atoms with Gasteiger partial charge in [-0.2, -0.15) is 0 Å². The van der Waals surface area contributed by atoms with E-state index in [1.807, 2.05) is 31.2 Å². The summed E-state index contributed by atoms with van der Waals surface area (Å²) in [5.41, 5.74) is 1.92. The van der Waals surface area contributed by atoms with Crippen molar-refractivity contribution in [1.29, 1.82) is 0 Å². The van der Waals surface area contributed by atoms with Gasteiger partial charge in [-0.3, -0.25) is 0 Å². The van der Waals surface area contributed by atoms with Gasteiger partial charge < -0.3 is 20.3 Å². The van der Waals surface area contributed by atoms with Crippen molar-refractivity contribution in [3.05, 3.63) is 47.0 Å². The molecule has 0 saturated carbocycles. The van der Waals surface area contributed by atoms with Crippen molar-refractivity contribution in [2.75, 3.05) is 6.54 Å². The van der Waals surface area contributed by atoms with Gasteiger partial charge in [0.25, 0.3) is 0 Å². The zero-order valence-corrected chi connectivity index (χ0v) is 14.5. The Hall–Kier alpha value is -2.41. The molecular formula is C18H25N5O2. The third-order valence-electron chi connectivity index (χ3n) is 4.51. The summed E-state index contributed by atoms with van der Waals surface area (Å²) in [6, 6.07) is 7.29. The van der Waals surface area contributed by atoms with Crippen molar-refractivity contribution in [2.45, 2.75) is 51.8 Å². The second-order valence-electron chi connectivity index (χ2n) is 6.48. The Labute approximate surface area is 147 Å². The van der Waals surface area contributed by atoms with Crippen molar-refractivity contribution in [3.8, 4) is 0 Å². The number of nitrogens with one attached hydrogen (secondary N) is 2. The summed E-state index contributed by atoms with van der Waals surface area (Å²) >= 11 is 0. The van der Waals surface area contributed by atoms with E-state index in [1.54, 1.807) is 0 Å². The second-order valence-corrected chi connectivity index (χ2v) is 6.48. The molecule has 0 aliphatic carbocycles. The Balaban J connectivity index is 1.47. The number of aryl methyl sites for hydroxylation is 2. The first-order valence-corrected chi connectivity index (χ1v) is 8.81. The number of fused-ring (bicyclic) bond motifs is 1. The van der Waals surface area contributed by atoms with Crippen LogP contribution in [0.25, 0.3) is 0 Å². The smallest absolute Gasteiger partial charge is 0.315 e. The number of aliphatic hydroxyl groups excluding tert-OH is 1. The van der Waals surface area contributed by atoms with Crippen molar-refractivity contribution in [3.63, 3.8) is 0 Å². The molecule has 0 radical (unpaired) electrons. The molecule has 2 heterocycles. The van der Waals surface area contributed by atoms with E-state index in [-0.39, 0.29) is 12.6 Å². The van der Waals surface area contributed by atoms with Crippen LogP contribution in [0, 0.1) is 6.92 Å². The zero-order valence-electron chi connectivity index (χ0n) is 14.5. The molecule has 0 fully saturated rings. The fourth-order valence-corrected chi connectivity index (χ4v) is 2.99. The number of hydrogen-bond acceptors (Lipinski definition) is 4. The largest absolute Gasteiger partial charge is 0.387 e. The lowest BCUT2D eigenvalue weighted by atomic mass is 10.1. The van der Waals surface area contributed by atoms with Crippen molar-refractivity contribution in [2.24, 2.45) is 0 Å². The standard InChI is InChI=1S/C18H25N5O2/c1-13-6-8-14(9-7-13)15(24)11-19-18(25)20-12-17-22-21-16-5-3-2-4-10-23(16)17/h6-9,15,24H,2-5,10-12H2,1H3,(H2,19,20,25)/t15-/m1/s1. The van der Waals surface area contributed by atoms with Crippen LogP contribution in [-0.4, -0.2) is 32.4 Å². The molecule has 0 saturated heterocycles. The number of rotatable bonds is 5. The van der Waals surface area contributed by atoms with Gasteiger partial charge in [0.1, 0.15) is 5.82 Å². The molecule has 0 spiro atoms. The number of nitrogens with zero attached hydrogens (tertiary/aromatic N) is 3. The summed E-state index contributed by atoms with van der Waals surface area (Å²) in [7, 11) is 0. The summed E-state index contributed by atoms with van der Waals surface area (Å²) in [6.07, 6.45) is 3.68. The van der Waals surface area contributed by atoms with Crippen LogP contribution in [-0.2, 0) is 19.5 Å². The number of amides is 2. The van der Waals surface area contributed by atoms with Gasteiger partial charge >= 0.3 is 6.03 Å². The van der Waals surface area contributed by atoms with Gasteiger partial charge in [0.05, 0.1) is 12.6 Å². The fraction of sp³-hybridized carbons (Fsp3) is 0.500. The highest BCUT2D eigenvalue weighted by atomic mass is 16.3. The van der Waals surface area contributed by atoms with Crippen LogP contribution in [0.3, 0.4) is 0 Å². The first-order valence-electron chi connectivity index (χ1n) is 8.81. The molecule has 7 nitrogen and oxygen atoms in total. The molecular weight excluding hydrogens is 318 g/mol. The minimum Gasteiger partial charge on any atom is -0.387 e. The Morgan fingerprint density at radius 3 is 2.80 bits per heavy atom. The second kappa shape index (κ2) is 8.11. The summed E-state index contributed by atoms with van der Waals surface area (Å²) in [5.74, 6) is 1.79. The summed E-state index contributed by atoms with van der Waals surface area (Å²) in [6.45, 7) is 3.40. The predicted octanol–water partition coefficient (Wildman–Crippen LogP) is 1.85. The number of carbonyl (C=O) groups is 1. The molecule has 1 aromatic carbocycles. The number of aliphatic hydroxyl groups is 1. The Bertz CT molecular complexity index is 711. The highest BCUT2D eigenvalue weighted by molar-refractivity contribution is 5.73. The van der Waals surface area contributed by atoms with Crippen LogP contribution in [0.1, 0.15) is 48.1 Å². The quantitative estimate of drug-likeness (QED) is 0.772. The maximum absolute atomic E-state index is 12.0. The molecule has 3 N–H and O–H groups in total. The summed E-state index contributed by atoms with van der Waals surface area (Å²) in [4.78, 5) is 12.0. The average molecular weight is 343 g/mol. The normalized spacial score (nSPS) is 15.1. The van der Waals surface area contributed by atoms with E-state index in [2.05, 4.69) is 25.4 Å². The van der Waals surface area contributed by atoms with E-state index in [0.29, 0.717) is 6.54 Å². The van der Waals surface area contributed by atoms with Gasteiger partial charge in [-0.15, -0.1) is 10.2 Å². The van der Waals surface area contributed by atoms with Crippen LogP contribution in [0.2, 0.25) is 0 Å².